The molecule has 0 fully saturated rings. The van der Waals surface area contributed by atoms with Crippen molar-refractivity contribution in [2.75, 3.05) is 0 Å². The van der Waals surface area contributed by atoms with E-state index < -0.39 is 17.4 Å². The van der Waals surface area contributed by atoms with Crippen LogP contribution in [0.3, 0.4) is 0 Å². The SMILES string of the molecule is C=CC(=O)Cc1cc(F)ccc1CN(C(=O)O)C(C)(C)C. The predicted octanol–water partition coefficient (Wildman–Crippen LogP) is 3.40. The molecule has 0 aromatic heterocycles. The second kappa shape index (κ2) is 6.52. The monoisotopic (exact) mass is 293 g/mol. The molecule has 1 aromatic carbocycles. The van der Waals surface area contributed by atoms with Crippen molar-refractivity contribution in [3.63, 3.8) is 0 Å². The van der Waals surface area contributed by atoms with Gasteiger partial charge in [-0.3, -0.25) is 9.69 Å². The molecule has 21 heavy (non-hydrogen) atoms. The summed E-state index contributed by atoms with van der Waals surface area (Å²) in [7, 11) is 0. The molecular formula is C16H20FNO3. The molecule has 0 radical (unpaired) electrons. The molecule has 0 aliphatic carbocycles. The van der Waals surface area contributed by atoms with E-state index in [0.717, 1.165) is 0 Å². The third kappa shape index (κ3) is 4.70. The highest BCUT2D eigenvalue weighted by Crippen LogP contribution is 2.21. The third-order valence-corrected chi connectivity index (χ3v) is 3.13. The Bertz CT molecular complexity index is 561. The fraction of sp³-hybridized carbons (Fsp3) is 0.375. The van der Waals surface area contributed by atoms with Crippen molar-refractivity contribution >= 4 is 11.9 Å². The van der Waals surface area contributed by atoms with Gasteiger partial charge in [0, 0.05) is 18.5 Å². The minimum absolute atomic E-state index is 0.00813. The van der Waals surface area contributed by atoms with Crippen LogP contribution in [0.5, 0.6) is 0 Å². The number of hydrogen-bond acceptors (Lipinski definition) is 2. The van der Waals surface area contributed by atoms with Crippen molar-refractivity contribution in [3.05, 3.63) is 47.8 Å². The summed E-state index contributed by atoms with van der Waals surface area (Å²) in [6.07, 6.45) is 0.120. The number of hydrogen-bond donors (Lipinski definition) is 1. The molecule has 0 saturated carbocycles. The summed E-state index contributed by atoms with van der Waals surface area (Å²) in [6.45, 7) is 8.82. The lowest BCUT2D eigenvalue weighted by Gasteiger charge is -2.33. The summed E-state index contributed by atoms with van der Waals surface area (Å²) in [6, 6.07) is 4.04. The van der Waals surface area contributed by atoms with Gasteiger partial charge in [0.05, 0.1) is 0 Å². The Morgan fingerprint density at radius 1 is 1.33 bits per heavy atom. The molecule has 114 valence electrons. The zero-order valence-electron chi connectivity index (χ0n) is 12.5. The number of benzene rings is 1. The maximum Gasteiger partial charge on any atom is 0.408 e. The molecule has 0 aliphatic heterocycles. The van der Waals surface area contributed by atoms with Crippen LogP contribution in [0.2, 0.25) is 0 Å². The normalized spacial score (nSPS) is 11.0. The summed E-state index contributed by atoms with van der Waals surface area (Å²) in [5, 5.41) is 9.31. The van der Waals surface area contributed by atoms with Crippen LogP contribution in [0, 0.1) is 5.82 Å². The quantitative estimate of drug-likeness (QED) is 0.846. The van der Waals surface area contributed by atoms with Gasteiger partial charge < -0.3 is 5.11 Å². The Morgan fingerprint density at radius 2 is 1.95 bits per heavy atom. The van der Waals surface area contributed by atoms with Crippen molar-refractivity contribution in [3.8, 4) is 0 Å². The van der Waals surface area contributed by atoms with E-state index in [9.17, 15) is 19.1 Å². The minimum atomic E-state index is -1.06. The first-order valence-corrected chi connectivity index (χ1v) is 6.58. The Labute approximate surface area is 123 Å². The number of halogens is 1. The number of nitrogens with zero attached hydrogens (tertiary/aromatic N) is 1. The molecule has 0 unspecified atom stereocenters. The van der Waals surface area contributed by atoms with Crippen LogP contribution in [0.15, 0.2) is 30.9 Å². The first-order valence-electron chi connectivity index (χ1n) is 6.58. The first kappa shape index (κ1) is 16.9. The van der Waals surface area contributed by atoms with E-state index in [2.05, 4.69) is 6.58 Å². The lowest BCUT2D eigenvalue weighted by atomic mass is 9.99. The number of ketones is 1. The second-order valence-corrected chi connectivity index (χ2v) is 5.80. The highest BCUT2D eigenvalue weighted by molar-refractivity contribution is 5.91. The van der Waals surface area contributed by atoms with Gasteiger partial charge in [-0.2, -0.15) is 0 Å². The Balaban J connectivity index is 3.14. The van der Waals surface area contributed by atoms with E-state index in [1.54, 1.807) is 20.8 Å². The maximum absolute atomic E-state index is 13.4. The van der Waals surface area contributed by atoms with Crippen LogP contribution in [-0.4, -0.2) is 27.4 Å². The average Bonchev–Trinajstić information content (AvgIpc) is 2.35. The van der Waals surface area contributed by atoms with Crippen molar-refractivity contribution < 1.29 is 19.1 Å². The molecule has 4 nitrogen and oxygen atoms in total. The molecular weight excluding hydrogens is 273 g/mol. The zero-order valence-corrected chi connectivity index (χ0v) is 12.5. The molecule has 1 rings (SSSR count). The second-order valence-electron chi connectivity index (χ2n) is 5.80. The lowest BCUT2D eigenvalue weighted by Crippen LogP contribution is -2.44. The maximum atomic E-state index is 13.4. The molecule has 0 heterocycles. The van der Waals surface area contributed by atoms with Crippen LogP contribution in [0.4, 0.5) is 9.18 Å². The Morgan fingerprint density at radius 3 is 2.43 bits per heavy atom. The molecule has 1 amide bonds. The van der Waals surface area contributed by atoms with E-state index >= 15 is 0 Å². The van der Waals surface area contributed by atoms with Gasteiger partial charge in [-0.25, -0.2) is 9.18 Å². The smallest absolute Gasteiger partial charge is 0.408 e. The minimum Gasteiger partial charge on any atom is -0.465 e. The van der Waals surface area contributed by atoms with Gasteiger partial charge in [-0.15, -0.1) is 0 Å². The van der Waals surface area contributed by atoms with Gasteiger partial charge in [0.25, 0.3) is 0 Å². The molecule has 0 atom stereocenters. The van der Waals surface area contributed by atoms with E-state index in [-0.39, 0.29) is 18.7 Å². The number of carboxylic acid groups (broad SMARTS) is 1. The van der Waals surface area contributed by atoms with Crippen LogP contribution in [0.25, 0.3) is 0 Å². The number of rotatable bonds is 5. The number of carbonyl (C=O) groups is 2. The van der Waals surface area contributed by atoms with Gasteiger partial charge in [0.1, 0.15) is 5.82 Å². The molecule has 1 aromatic rings. The van der Waals surface area contributed by atoms with Crippen molar-refractivity contribution in [1.29, 1.82) is 0 Å². The highest BCUT2D eigenvalue weighted by atomic mass is 19.1. The van der Waals surface area contributed by atoms with E-state index in [4.69, 9.17) is 0 Å². The van der Waals surface area contributed by atoms with Crippen LogP contribution < -0.4 is 0 Å². The molecule has 5 heteroatoms. The summed E-state index contributed by atoms with van der Waals surface area (Å²) >= 11 is 0. The lowest BCUT2D eigenvalue weighted by molar-refractivity contribution is -0.114. The Hall–Kier alpha value is -2.17. The molecule has 1 N–H and O–H groups in total. The molecule has 0 aliphatic rings. The van der Waals surface area contributed by atoms with Crippen LogP contribution in [-0.2, 0) is 17.8 Å². The highest BCUT2D eigenvalue weighted by Gasteiger charge is 2.27. The van der Waals surface area contributed by atoms with Crippen LogP contribution >= 0.6 is 0 Å². The zero-order chi connectivity index (χ0) is 16.2. The van der Waals surface area contributed by atoms with Gasteiger partial charge in [0.2, 0.25) is 0 Å². The van der Waals surface area contributed by atoms with Gasteiger partial charge in [-0.1, -0.05) is 12.6 Å². The fourth-order valence-electron chi connectivity index (χ4n) is 1.94. The van der Waals surface area contributed by atoms with E-state index in [0.29, 0.717) is 11.1 Å². The molecule has 0 bridgehead atoms. The number of carbonyl (C=O) groups excluding carboxylic acids is 1. The standard InChI is InChI=1S/C16H20FNO3/c1-5-14(19)9-12-8-13(17)7-6-11(12)10-18(15(20)21)16(2,3)4/h5-8H,1,9-10H2,2-4H3,(H,20,21). The molecule has 0 spiro atoms. The van der Waals surface area contributed by atoms with Crippen molar-refractivity contribution in [2.24, 2.45) is 0 Å². The number of allylic oxidation sites excluding steroid dienone is 1. The fourth-order valence-corrected chi connectivity index (χ4v) is 1.94. The summed E-state index contributed by atoms with van der Waals surface area (Å²) in [4.78, 5) is 24.1. The first-order chi connectivity index (χ1) is 9.65. The average molecular weight is 293 g/mol. The van der Waals surface area contributed by atoms with Crippen LogP contribution in [0.1, 0.15) is 31.9 Å². The van der Waals surface area contributed by atoms with Gasteiger partial charge >= 0.3 is 6.09 Å². The van der Waals surface area contributed by atoms with Crippen molar-refractivity contribution in [1.82, 2.24) is 4.90 Å². The number of amides is 1. The largest absolute Gasteiger partial charge is 0.465 e. The van der Waals surface area contributed by atoms with Gasteiger partial charge in [0.15, 0.2) is 5.78 Å². The summed E-state index contributed by atoms with van der Waals surface area (Å²) in [5.41, 5.74) is 0.499. The van der Waals surface area contributed by atoms with Crippen molar-refractivity contribution in [2.45, 2.75) is 39.3 Å². The van der Waals surface area contributed by atoms with E-state index in [1.165, 1.54) is 29.2 Å². The Kier molecular flexibility index (Phi) is 5.24. The molecule has 0 saturated heterocycles. The summed E-state index contributed by atoms with van der Waals surface area (Å²) < 4.78 is 13.4. The van der Waals surface area contributed by atoms with E-state index in [1.807, 2.05) is 0 Å². The van der Waals surface area contributed by atoms with Gasteiger partial charge in [-0.05, 0) is 50.1 Å². The topological polar surface area (TPSA) is 57.6 Å². The summed E-state index contributed by atoms with van der Waals surface area (Å²) in [5.74, 6) is -0.692. The predicted molar refractivity (Wildman–Crippen MR) is 78.6 cm³/mol. The third-order valence-electron chi connectivity index (χ3n) is 3.13.